The summed E-state index contributed by atoms with van der Waals surface area (Å²) in [4.78, 5) is 10.1. The van der Waals surface area contributed by atoms with Gasteiger partial charge in [0.2, 0.25) is 0 Å². The minimum absolute atomic E-state index is 0.189. The van der Waals surface area contributed by atoms with Crippen molar-refractivity contribution in [3.05, 3.63) is 82.7 Å². The maximum Gasteiger partial charge on any atom is 0.133 e. The second-order valence-corrected chi connectivity index (χ2v) is 10.1. The fraction of sp³-hybridized carbons (Fsp3) is 0.250. The van der Waals surface area contributed by atoms with Crippen LogP contribution in [0, 0.1) is 11.3 Å². The van der Waals surface area contributed by atoms with Crippen LogP contribution in [0.4, 0.5) is 11.6 Å². The van der Waals surface area contributed by atoms with Crippen molar-refractivity contribution in [2.45, 2.75) is 49.3 Å². The summed E-state index contributed by atoms with van der Waals surface area (Å²) in [6.07, 6.45) is 12.8. The van der Waals surface area contributed by atoms with E-state index in [9.17, 15) is 10.4 Å². The first-order valence-corrected chi connectivity index (χ1v) is 12.9. The van der Waals surface area contributed by atoms with Crippen molar-refractivity contribution in [3.8, 4) is 17.2 Å². The van der Waals surface area contributed by atoms with E-state index in [0.29, 0.717) is 18.2 Å². The molecule has 0 radical (unpaired) electrons. The number of hydrogen-bond donors (Lipinski definition) is 4. The van der Waals surface area contributed by atoms with Gasteiger partial charge < -0.3 is 21.5 Å². The molecule has 1 aliphatic heterocycles. The molecule has 2 aromatic heterocycles. The number of nitriles is 1. The Balaban J connectivity index is 1.35. The van der Waals surface area contributed by atoms with Crippen LogP contribution < -0.4 is 16.4 Å². The molecule has 8 heteroatoms. The number of thioether (sulfide) groups is 1. The topological polar surface area (TPSA) is 120 Å². The summed E-state index contributed by atoms with van der Waals surface area (Å²) in [5.74, 6) is 1.53. The van der Waals surface area contributed by atoms with Gasteiger partial charge in [-0.1, -0.05) is 36.0 Å². The Morgan fingerprint density at radius 3 is 2.69 bits per heavy atom. The predicted octanol–water partition coefficient (Wildman–Crippen LogP) is 5.26. The van der Waals surface area contributed by atoms with Crippen molar-refractivity contribution < 1.29 is 5.11 Å². The van der Waals surface area contributed by atoms with E-state index in [1.165, 1.54) is 0 Å². The smallest absolute Gasteiger partial charge is 0.133 e. The Morgan fingerprint density at radius 1 is 1.06 bits per heavy atom. The summed E-state index contributed by atoms with van der Waals surface area (Å²) in [6, 6.07) is 14.5. The number of nitrogens with two attached hydrogens (primary N) is 1. The molecule has 3 heterocycles. The van der Waals surface area contributed by atoms with Gasteiger partial charge in [-0.3, -0.25) is 4.98 Å². The Bertz CT molecular complexity index is 1350. The summed E-state index contributed by atoms with van der Waals surface area (Å²) in [5.41, 5.74) is 10.5. The standard InChI is InChI=1S/C28H28N6OS/c29-14-18-11-26(32-23-6-8-24(35)9-7-23)33-27(12-18)34-28-3-1-2-20-4-5-21(13-25(20)36-28)22-10-19(15-30)16-31-17-22/h1-5,10-13,16-17,23-24,35H,6-9,14,29H2,(H2,32,33,34)/t23-,24-. The van der Waals surface area contributed by atoms with Crippen LogP contribution in [0.3, 0.4) is 0 Å². The first-order valence-electron chi connectivity index (χ1n) is 12.1. The van der Waals surface area contributed by atoms with Crippen molar-refractivity contribution in [2.24, 2.45) is 5.73 Å². The van der Waals surface area contributed by atoms with Gasteiger partial charge in [0.15, 0.2) is 0 Å². The molecule has 36 heavy (non-hydrogen) atoms. The molecule has 1 saturated carbocycles. The maximum absolute atomic E-state index is 9.80. The van der Waals surface area contributed by atoms with Crippen LogP contribution in [-0.4, -0.2) is 27.2 Å². The van der Waals surface area contributed by atoms with Crippen molar-refractivity contribution in [3.63, 3.8) is 0 Å². The lowest BCUT2D eigenvalue weighted by Gasteiger charge is -2.27. The fourth-order valence-corrected chi connectivity index (χ4v) is 5.44. The molecule has 2 aliphatic rings. The van der Waals surface area contributed by atoms with Crippen LogP contribution in [0.5, 0.6) is 0 Å². The molecule has 182 valence electrons. The highest BCUT2D eigenvalue weighted by Gasteiger charge is 2.20. The van der Waals surface area contributed by atoms with E-state index in [2.05, 4.69) is 46.0 Å². The average molecular weight is 497 g/mol. The van der Waals surface area contributed by atoms with Crippen LogP contribution in [0.2, 0.25) is 0 Å². The third kappa shape index (κ3) is 5.77. The lowest BCUT2D eigenvalue weighted by atomic mass is 9.93. The van der Waals surface area contributed by atoms with E-state index >= 15 is 0 Å². The molecule has 0 saturated heterocycles. The Kier molecular flexibility index (Phi) is 7.33. The first-order chi connectivity index (χ1) is 17.6. The molecule has 7 nitrogen and oxygen atoms in total. The number of anilines is 2. The molecular formula is C28H28N6OS. The molecular weight excluding hydrogens is 468 g/mol. The Labute approximate surface area is 215 Å². The second-order valence-electron chi connectivity index (χ2n) is 9.04. The van der Waals surface area contributed by atoms with E-state index in [1.54, 1.807) is 24.2 Å². The van der Waals surface area contributed by atoms with Crippen molar-refractivity contribution >= 4 is 29.5 Å². The zero-order valence-corrected chi connectivity index (χ0v) is 20.6. The van der Waals surface area contributed by atoms with Gasteiger partial charge in [-0.05, 0) is 72.7 Å². The number of aliphatic hydroxyl groups excluding tert-OH is 1. The van der Waals surface area contributed by atoms with E-state index < -0.39 is 0 Å². The zero-order valence-electron chi connectivity index (χ0n) is 19.8. The minimum Gasteiger partial charge on any atom is -0.393 e. The van der Waals surface area contributed by atoms with E-state index in [4.69, 9.17) is 10.7 Å². The van der Waals surface area contributed by atoms with Crippen LogP contribution in [0.1, 0.15) is 42.4 Å². The zero-order chi connectivity index (χ0) is 24.9. The number of fused-ring (bicyclic) bond motifs is 1. The number of rotatable bonds is 6. The van der Waals surface area contributed by atoms with Gasteiger partial charge in [0.05, 0.1) is 16.7 Å². The Hall–Kier alpha value is -3.64. The van der Waals surface area contributed by atoms with Crippen molar-refractivity contribution in [1.29, 1.82) is 5.26 Å². The van der Waals surface area contributed by atoms with Gasteiger partial charge in [0.25, 0.3) is 0 Å². The number of benzene rings is 1. The molecule has 1 fully saturated rings. The molecule has 5 N–H and O–H groups in total. The van der Waals surface area contributed by atoms with Gasteiger partial charge in [-0.2, -0.15) is 5.26 Å². The summed E-state index contributed by atoms with van der Waals surface area (Å²) < 4.78 is 0. The number of hydrogen-bond acceptors (Lipinski definition) is 8. The summed E-state index contributed by atoms with van der Waals surface area (Å²) in [5, 5.41) is 27.0. The third-order valence-corrected chi connectivity index (χ3v) is 7.41. The van der Waals surface area contributed by atoms with Crippen molar-refractivity contribution in [1.82, 2.24) is 9.97 Å². The summed E-state index contributed by atoms with van der Waals surface area (Å²) in [6.45, 7) is 0.420. The maximum atomic E-state index is 9.80. The molecule has 5 rings (SSSR count). The SMILES string of the molecule is N#Cc1cncc(-c2ccc3c(c2)SC(Nc2cc(CN)cc(N[C@H]4CC[C@H](O)CC4)n2)=CC=C3)c1. The second kappa shape index (κ2) is 11.0. The van der Waals surface area contributed by atoms with Crippen LogP contribution in [0.15, 0.2) is 70.9 Å². The van der Waals surface area contributed by atoms with Gasteiger partial charge >= 0.3 is 0 Å². The fourth-order valence-electron chi connectivity index (χ4n) is 4.46. The Morgan fingerprint density at radius 2 is 1.89 bits per heavy atom. The minimum atomic E-state index is -0.189. The average Bonchev–Trinajstić information content (AvgIpc) is 3.11. The lowest BCUT2D eigenvalue weighted by molar-refractivity contribution is 0.126. The number of allylic oxidation sites excluding steroid dienone is 2. The number of nitrogens with zero attached hydrogens (tertiary/aromatic N) is 3. The molecule has 0 atom stereocenters. The van der Waals surface area contributed by atoms with Crippen LogP contribution in [0.25, 0.3) is 17.2 Å². The van der Waals surface area contributed by atoms with Crippen LogP contribution >= 0.6 is 11.8 Å². The third-order valence-electron chi connectivity index (χ3n) is 6.38. The monoisotopic (exact) mass is 496 g/mol. The summed E-state index contributed by atoms with van der Waals surface area (Å²) in [7, 11) is 0. The molecule has 1 aromatic carbocycles. The quantitative estimate of drug-likeness (QED) is 0.365. The number of pyridine rings is 2. The molecule has 0 spiro atoms. The molecule has 3 aromatic rings. The van der Waals surface area contributed by atoms with E-state index in [1.807, 2.05) is 30.4 Å². The molecule has 0 unspecified atom stereocenters. The lowest BCUT2D eigenvalue weighted by Crippen LogP contribution is -2.28. The molecule has 0 amide bonds. The molecule has 0 bridgehead atoms. The largest absolute Gasteiger partial charge is 0.393 e. The van der Waals surface area contributed by atoms with Gasteiger partial charge in [0, 0.05) is 35.4 Å². The highest BCUT2D eigenvalue weighted by molar-refractivity contribution is 8.03. The van der Waals surface area contributed by atoms with Gasteiger partial charge in [-0.25, -0.2) is 4.98 Å². The van der Waals surface area contributed by atoms with E-state index in [0.717, 1.165) is 69.5 Å². The molecule has 1 aliphatic carbocycles. The number of nitrogens with one attached hydrogen (secondary N) is 2. The normalized spacial score (nSPS) is 19.0. The first kappa shape index (κ1) is 24.1. The van der Waals surface area contributed by atoms with Crippen molar-refractivity contribution in [2.75, 3.05) is 10.6 Å². The number of aliphatic hydroxyl groups is 1. The van der Waals surface area contributed by atoms with E-state index in [-0.39, 0.29) is 6.10 Å². The predicted molar refractivity (Wildman–Crippen MR) is 145 cm³/mol. The highest BCUT2D eigenvalue weighted by atomic mass is 32.2. The summed E-state index contributed by atoms with van der Waals surface area (Å²) >= 11 is 1.63. The highest BCUT2D eigenvalue weighted by Crippen LogP contribution is 2.36. The van der Waals surface area contributed by atoms with Gasteiger partial charge in [-0.15, -0.1) is 0 Å². The van der Waals surface area contributed by atoms with Crippen LogP contribution in [-0.2, 0) is 6.54 Å². The number of aromatic nitrogens is 2. The van der Waals surface area contributed by atoms with Gasteiger partial charge in [0.1, 0.15) is 17.7 Å².